The van der Waals surface area contributed by atoms with Crippen LogP contribution in [0.2, 0.25) is 0 Å². The topological polar surface area (TPSA) is 88.4 Å². The maximum absolute atomic E-state index is 13.3. The number of furan rings is 1. The summed E-state index contributed by atoms with van der Waals surface area (Å²) in [6.45, 7) is 0. The van der Waals surface area contributed by atoms with Crippen molar-refractivity contribution in [2.24, 2.45) is 0 Å². The van der Waals surface area contributed by atoms with Gasteiger partial charge in [-0.15, -0.1) is 0 Å². The molecule has 1 aliphatic heterocycles. The number of sulfonamides is 1. The van der Waals surface area contributed by atoms with E-state index < -0.39 is 10.0 Å². The minimum absolute atomic E-state index is 0.147. The van der Waals surface area contributed by atoms with Crippen molar-refractivity contribution in [3.8, 4) is 0 Å². The van der Waals surface area contributed by atoms with Crippen molar-refractivity contribution < 1.29 is 17.6 Å². The van der Waals surface area contributed by atoms with Gasteiger partial charge in [0.25, 0.3) is 15.9 Å². The van der Waals surface area contributed by atoms with Crippen molar-refractivity contribution in [2.45, 2.75) is 30.6 Å². The van der Waals surface area contributed by atoms with E-state index in [0.29, 0.717) is 27.7 Å². The van der Waals surface area contributed by atoms with Crippen molar-refractivity contribution in [3.63, 3.8) is 0 Å². The zero-order chi connectivity index (χ0) is 20.5. The van der Waals surface area contributed by atoms with E-state index in [4.69, 9.17) is 4.42 Å². The lowest BCUT2D eigenvalue weighted by Gasteiger charge is -2.12. The Morgan fingerprint density at radius 3 is 2.73 bits per heavy atom. The fraction of sp³-hybridized carbons (Fsp3) is 0.174. The smallest absolute Gasteiger partial charge is 0.262 e. The van der Waals surface area contributed by atoms with E-state index in [9.17, 15) is 13.2 Å². The molecule has 150 valence electrons. The average molecular weight is 418 g/mol. The molecule has 3 aromatic carbocycles. The molecule has 0 saturated carbocycles. The summed E-state index contributed by atoms with van der Waals surface area (Å²) in [6, 6.07) is 13.7. The molecular weight excluding hydrogens is 400 g/mol. The minimum Gasteiger partial charge on any atom is -0.461 e. The van der Waals surface area contributed by atoms with Gasteiger partial charge < -0.3 is 9.73 Å². The van der Waals surface area contributed by atoms with Crippen LogP contribution in [0.3, 0.4) is 0 Å². The fourth-order valence-corrected chi connectivity index (χ4v) is 5.89. The van der Waals surface area contributed by atoms with E-state index in [1.165, 1.54) is 11.6 Å². The number of rotatable bonds is 3. The Morgan fingerprint density at radius 2 is 1.83 bits per heavy atom. The Labute approximate surface area is 172 Å². The van der Waals surface area contributed by atoms with Crippen molar-refractivity contribution in [3.05, 3.63) is 65.4 Å². The number of fused-ring (bicyclic) bond motifs is 3. The van der Waals surface area contributed by atoms with Crippen LogP contribution in [0, 0.1) is 0 Å². The third-order valence-electron chi connectivity index (χ3n) is 5.99. The number of amides is 1. The molecule has 0 radical (unpaired) electrons. The lowest BCUT2D eigenvalue weighted by Crippen LogP contribution is -2.13. The standard InChI is InChI=1S/C23H18N2O4S/c26-23-16-6-3-5-15-21(11-9-18(24-23)22(15)16)30(27,28)25-13-8-10-20-17(12-13)14-4-1-2-7-19(14)29-20/h3,5-6,8-12,25H,1-2,4,7H2,(H,24,26). The Morgan fingerprint density at radius 1 is 0.967 bits per heavy atom. The highest BCUT2D eigenvalue weighted by Crippen LogP contribution is 2.38. The van der Waals surface area contributed by atoms with Gasteiger partial charge in [0, 0.05) is 45.1 Å². The quantitative estimate of drug-likeness (QED) is 0.499. The van der Waals surface area contributed by atoms with Crippen LogP contribution in [0.4, 0.5) is 11.4 Å². The zero-order valence-electron chi connectivity index (χ0n) is 16.0. The molecule has 2 heterocycles. The molecule has 6 rings (SSSR count). The van der Waals surface area contributed by atoms with E-state index in [-0.39, 0.29) is 10.8 Å². The van der Waals surface area contributed by atoms with Gasteiger partial charge in [-0.05, 0) is 55.7 Å². The van der Waals surface area contributed by atoms with Crippen LogP contribution in [0.15, 0.2) is 57.8 Å². The molecule has 4 aromatic rings. The first-order chi connectivity index (χ1) is 14.5. The molecule has 30 heavy (non-hydrogen) atoms. The van der Waals surface area contributed by atoms with E-state index in [0.717, 1.165) is 42.4 Å². The first kappa shape index (κ1) is 17.5. The molecule has 6 nitrogen and oxygen atoms in total. The average Bonchev–Trinajstić information content (AvgIpc) is 3.26. The normalized spacial score (nSPS) is 15.4. The first-order valence-corrected chi connectivity index (χ1v) is 11.4. The highest BCUT2D eigenvalue weighted by atomic mass is 32.2. The Kier molecular flexibility index (Phi) is 3.56. The number of anilines is 2. The molecule has 1 amide bonds. The second-order valence-corrected chi connectivity index (χ2v) is 9.47. The Hall–Kier alpha value is -3.32. The number of carbonyl (C=O) groups is 1. The lowest BCUT2D eigenvalue weighted by molar-refractivity contribution is 0.103. The molecule has 0 unspecified atom stereocenters. The minimum atomic E-state index is -3.86. The first-order valence-electron chi connectivity index (χ1n) is 9.95. The zero-order valence-corrected chi connectivity index (χ0v) is 16.8. The van der Waals surface area contributed by atoms with Crippen LogP contribution < -0.4 is 10.0 Å². The summed E-state index contributed by atoms with van der Waals surface area (Å²) in [5, 5.41) is 4.92. The van der Waals surface area contributed by atoms with E-state index in [1.54, 1.807) is 30.3 Å². The predicted octanol–water partition coefficient (Wildman–Crippen LogP) is 4.83. The molecule has 2 aliphatic rings. The Balaban J connectivity index is 1.45. The van der Waals surface area contributed by atoms with Crippen LogP contribution in [0.1, 0.15) is 34.5 Å². The summed E-state index contributed by atoms with van der Waals surface area (Å²) in [7, 11) is -3.86. The van der Waals surface area contributed by atoms with E-state index in [1.807, 2.05) is 12.1 Å². The summed E-state index contributed by atoms with van der Waals surface area (Å²) in [6.07, 6.45) is 4.12. The molecule has 2 N–H and O–H groups in total. The second kappa shape index (κ2) is 6.09. The van der Waals surface area contributed by atoms with Crippen LogP contribution in [0.25, 0.3) is 21.7 Å². The monoisotopic (exact) mass is 418 g/mol. The Bertz CT molecular complexity index is 1480. The molecule has 0 saturated heterocycles. The molecule has 7 heteroatoms. The van der Waals surface area contributed by atoms with Gasteiger partial charge in [0.2, 0.25) is 0 Å². The van der Waals surface area contributed by atoms with Gasteiger partial charge in [0.1, 0.15) is 11.3 Å². The van der Waals surface area contributed by atoms with Gasteiger partial charge in [-0.2, -0.15) is 0 Å². The number of benzene rings is 3. The molecule has 0 atom stereocenters. The van der Waals surface area contributed by atoms with Crippen LogP contribution in [-0.2, 0) is 22.9 Å². The lowest BCUT2D eigenvalue weighted by atomic mass is 9.96. The summed E-state index contributed by atoms with van der Waals surface area (Å²) < 4.78 is 35.2. The maximum atomic E-state index is 13.3. The fourth-order valence-electron chi connectivity index (χ4n) is 4.63. The highest BCUT2D eigenvalue weighted by Gasteiger charge is 2.26. The highest BCUT2D eigenvalue weighted by molar-refractivity contribution is 7.93. The van der Waals surface area contributed by atoms with Gasteiger partial charge in [-0.1, -0.05) is 12.1 Å². The van der Waals surface area contributed by atoms with Gasteiger partial charge in [0.05, 0.1) is 4.90 Å². The van der Waals surface area contributed by atoms with Crippen molar-refractivity contribution in [2.75, 3.05) is 10.0 Å². The summed E-state index contributed by atoms with van der Waals surface area (Å²) in [5.74, 6) is 0.800. The van der Waals surface area contributed by atoms with Crippen LogP contribution >= 0.6 is 0 Å². The summed E-state index contributed by atoms with van der Waals surface area (Å²) in [5.41, 5.74) is 3.60. The van der Waals surface area contributed by atoms with Crippen molar-refractivity contribution in [1.29, 1.82) is 0 Å². The third-order valence-corrected chi connectivity index (χ3v) is 7.43. The van der Waals surface area contributed by atoms with E-state index >= 15 is 0 Å². The molecular formula is C23H18N2O4S. The molecule has 1 aliphatic carbocycles. The number of nitrogens with one attached hydrogen (secondary N) is 2. The number of aryl methyl sites for hydroxylation is 2. The van der Waals surface area contributed by atoms with Crippen molar-refractivity contribution >= 4 is 49.0 Å². The molecule has 0 spiro atoms. The number of hydrogen-bond donors (Lipinski definition) is 2. The van der Waals surface area contributed by atoms with Gasteiger partial charge in [0.15, 0.2) is 0 Å². The number of hydrogen-bond acceptors (Lipinski definition) is 4. The van der Waals surface area contributed by atoms with Gasteiger partial charge in [-0.25, -0.2) is 8.42 Å². The van der Waals surface area contributed by atoms with Crippen molar-refractivity contribution in [1.82, 2.24) is 0 Å². The summed E-state index contributed by atoms with van der Waals surface area (Å²) >= 11 is 0. The maximum Gasteiger partial charge on any atom is 0.262 e. The van der Waals surface area contributed by atoms with Gasteiger partial charge >= 0.3 is 0 Å². The van der Waals surface area contributed by atoms with Crippen LogP contribution in [0.5, 0.6) is 0 Å². The third kappa shape index (κ3) is 2.48. The second-order valence-electron chi connectivity index (χ2n) is 7.82. The molecule has 1 aromatic heterocycles. The number of carbonyl (C=O) groups excluding carboxylic acids is 1. The molecule has 0 bridgehead atoms. The predicted molar refractivity (Wildman–Crippen MR) is 116 cm³/mol. The molecule has 0 fully saturated rings. The van der Waals surface area contributed by atoms with Crippen LogP contribution in [-0.4, -0.2) is 14.3 Å². The SMILES string of the molecule is O=C1Nc2ccc(S(=O)(=O)Nc3ccc4oc5c(c4c3)CCCC5)c3cccc1c23. The largest absolute Gasteiger partial charge is 0.461 e. The van der Waals surface area contributed by atoms with E-state index in [2.05, 4.69) is 10.0 Å². The summed E-state index contributed by atoms with van der Waals surface area (Å²) in [4.78, 5) is 12.3. The van der Waals surface area contributed by atoms with Gasteiger partial charge in [-0.3, -0.25) is 9.52 Å².